The Bertz CT molecular complexity index is 253. The van der Waals surface area contributed by atoms with Gasteiger partial charge in [-0.2, -0.15) is 0 Å². The summed E-state index contributed by atoms with van der Waals surface area (Å²) in [7, 11) is 1.96. The zero-order valence-corrected chi connectivity index (χ0v) is 10.4. The molecule has 0 aromatic carbocycles. The standard InChI is InChI=1S/C13H24N2O/c1-15(11-6-7-11)12(16)13(10-14)8-4-2-3-5-9-13/h11H,2-10,14H2,1H3. The maximum atomic E-state index is 12.5. The van der Waals surface area contributed by atoms with Crippen LogP contribution in [-0.4, -0.2) is 30.4 Å². The van der Waals surface area contributed by atoms with Crippen molar-refractivity contribution in [2.24, 2.45) is 11.1 Å². The molecule has 92 valence electrons. The molecule has 2 fully saturated rings. The summed E-state index contributed by atoms with van der Waals surface area (Å²) in [5, 5.41) is 0. The number of nitrogens with two attached hydrogens (primary N) is 1. The van der Waals surface area contributed by atoms with Crippen molar-refractivity contribution >= 4 is 5.91 Å². The van der Waals surface area contributed by atoms with Crippen LogP contribution in [0.25, 0.3) is 0 Å². The third-order valence-corrected chi connectivity index (χ3v) is 4.32. The number of carbonyl (C=O) groups is 1. The monoisotopic (exact) mass is 224 g/mol. The Morgan fingerprint density at radius 3 is 2.25 bits per heavy atom. The topological polar surface area (TPSA) is 46.3 Å². The molecule has 0 aromatic heterocycles. The van der Waals surface area contributed by atoms with Gasteiger partial charge in [0.15, 0.2) is 0 Å². The fourth-order valence-corrected chi connectivity index (χ4v) is 2.91. The van der Waals surface area contributed by atoms with E-state index in [1.54, 1.807) is 0 Å². The largest absolute Gasteiger partial charge is 0.342 e. The molecule has 0 aliphatic heterocycles. The van der Waals surface area contributed by atoms with E-state index in [1.807, 2.05) is 11.9 Å². The molecule has 0 unspecified atom stereocenters. The van der Waals surface area contributed by atoms with Crippen molar-refractivity contribution in [3.63, 3.8) is 0 Å². The SMILES string of the molecule is CN(C(=O)C1(CN)CCCCCC1)C1CC1. The van der Waals surface area contributed by atoms with Gasteiger partial charge in [0.2, 0.25) is 5.91 Å². The minimum atomic E-state index is -0.228. The van der Waals surface area contributed by atoms with Crippen molar-refractivity contribution < 1.29 is 4.79 Å². The van der Waals surface area contributed by atoms with Crippen LogP contribution in [0.3, 0.4) is 0 Å². The highest BCUT2D eigenvalue weighted by Gasteiger charge is 2.42. The first kappa shape index (κ1) is 11.9. The molecule has 0 atom stereocenters. The lowest BCUT2D eigenvalue weighted by Crippen LogP contribution is -2.47. The molecule has 3 heteroatoms. The maximum absolute atomic E-state index is 12.5. The van der Waals surface area contributed by atoms with E-state index in [2.05, 4.69) is 0 Å². The van der Waals surface area contributed by atoms with Gasteiger partial charge in [-0.05, 0) is 25.7 Å². The highest BCUT2D eigenvalue weighted by molar-refractivity contribution is 5.83. The Hall–Kier alpha value is -0.570. The van der Waals surface area contributed by atoms with Gasteiger partial charge < -0.3 is 10.6 Å². The van der Waals surface area contributed by atoms with Crippen LogP contribution >= 0.6 is 0 Å². The minimum absolute atomic E-state index is 0.228. The van der Waals surface area contributed by atoms with Crippen molar-refractivity contribution in [2.75, 3.05) is 13.6 Å². The highest BCUT2D eigenvalue weighted by atomic mass is 16.2. The molecule has 0 aromatic rings. The Kier molecular flexibility index (Phi) is 3.53. The van der Waals surface area contributed by atoms with Crippen molar-refractivity contribution in [2.45, 2.75) is 57.4 Å². The maximum Gasteiger partial charge on any atom is 0.230 e. The number of rotatable bonds is 3. The second-order valence-corrected chi connectivity index (χ2v) is 5.55. The van der Waals surface area contributed by atoms with Gasteiger partial charge in [0, 0.05) is 19.6 Å². The molecule has 0 bridgehead atoms. The van der Waals surface area contributed by atoms with E-state index < -0.39 is 0 Å². The normalized spacial score (nSPS) is 24.9. The molecule has 16 heavy (non-hydrogen) atoms. The number of hydrogen-bond donors (Lipinski definition) is 1. The summed E-state index contributed by atoms with van der Waals surface area (Å²) < 4.78 is 0. The Morgan fingerprint density at radius 2 is 1.81 bits per heavy atom. The average Bonchev–Trinajstić information content (AvgIpc) is 3.13. The van der Waals surface area contributed by atoms with Crippen molar-refractivity contribution in [3.05, 3.63) is 0 Å². The second-order valence-electron chi connectivity index (χ2n) is 5.55. The Balaban J connectivity index is 2.08. The summed E-state index contributed by atoms with van der Waals surface area (Å²) in [6.07, 6.45) is 9.23. The fourth-order valence-electron chi connectivity index (χ4n) is 2.91. The predicted molar refractivity (Wildman–Crippen MR) is 65.0 cm³/mol. The van der Waals surface area contributed by atoms with Crippen LogP contribution in [0, 0.1) is 5.41 Å². The summed E-state index contributed by atoms with van der Waals surface area (Å²) >= 11 is 0. The molecule has 0 spiro atoms. The van der Waals surface area contributed by atoms with Gasteiger partial charge in [-0.1, -0.05) is 25.7 Å². The molecule has 2 N–H and O–H groups in total. The van der Waals surface area contributed by atoms with Gasteiger partial charge in [-0.15, -0.1) is 0 Å². The first-order chi connectivity index (χ1) is 7.69. The van der Waals surface area contributed by atoms with E-state index in [-0.39, 0.29) is 5.41 Å². The Morgan fingerprint density at radius 1 is 1.25 bits per heavy atom. The van der Waals surface area contributed by atoms with Gasteiger partial charge in [0.25, 0.3) is 0 Å². The van der Waals surface area contributed by atoms with Crippen LogP contribution in [-0.2, 0) is 4.79 Å². The van der Waals surface area contributed by atoms with Crippen molar-refractivity contribution in [1.82, 2.24) is 4.90 Å². The fraction of sp³-hybridized carbons (Fsp3) is 0.923. The van der Waals surface area contributed by atoms with E-state index in [9.17, 15) is 4.79 Å². The van der Waals surface area contributed by atoms with Gasteiger partial charge in [0.1, 0.15) is 0 Å². The average molecular weight is 224 g/mol. The zero-order chi connectivity index (χ0) is 11.6. The van der Waals surface area contributed by atoms with Crippen molar-refractivity contribution in [1.29, 1.82) is 0 Å². The third-order valence-electron chi connectivity index (χ3n) is 4.32. The van der Waals surface area contributed by atoms with Crippen LogP contribution in [0.4, 0.5) is 0 Å². The lowest BCUT2D eigenvalue weighted by Gasteiger charge is -2.34. The molecule has 2 aliphatic carbocycles. The van der Waals surface area contributed by atoms with E-state index in [0.717, 1.165) is 12.8 Å². The number of nitrogens with zero attached hydrogens (tertiary/aromatic N) is 1. The lowest BCUT2D eigenvalue weighted by atomic mass is 9.79. The molecule has 0 heterocycles. The molecular formula is C13H24N2O. The summed E-state index contributed by atoms with van der Waals surface area (Å²) in [6.45, 7) is 0.531. The van der Waals surface area contributed by atoms with Gasteiger partial charge in [-0.25, -0.2) is 0 Å². The number of carbonyl (C=O) groups excluding carboxylic acids is 1. The predicted octanol–water partition coefficient (Wildman–Crippen LogP) is 1.91. The molecule has 0 saturated heterocycles. The van der Waals surface area contributed by atoms with Crippen LogP contribution in [0.1, 0.15) is 51.4 Å². The van der Waals surface area contributed by atoms with E-state index in [1.165, 1.54) is 38.5 Å². The van der Waals surface area contributed by atoms with Gasteiger partial charge in [-0.3, -0.25) is 4.79 Å². The zero-order valence-electron chi connectivity index (χ0n) is 10.4. The quantitative estimate of drug-likeness (QED) is 0.744. The highest BCUT2D eigenvalue weighted by Crippen LogP contribution is 2.38. The lowest BCUT2D eigenvalue weighted by molar-refractivity contribution is -0.141. The van der Waals surface area contributed by atoms with E-state index >= 15 is 0 Å². The third kappa shape index (κ3) is 2.24. The molecule has 0 radical (unpaired) electrons. The molecule has 2 aliphatic rings. The van der Waals surface area contributed by atoms with Crippen LogP contribution in [0.2, 0.25) is 0 Å². The minimum Gasteiger partial charge on any atom is -0.342 e. The summed E-state index contributed by atoms with van der Waals surface area (Å²) in [5.74, 6) is 0.319. The molecule has 3 nitrogen and oxygen atoms in total. The Labute approximate surface area is 98.4 Å². The summed E-state index contributed by atoms with van der Waals surface area (Å²) in [6, 6.07) is 0.513. The van der Waals surface area contributed by atoms with Gasteiger partial charge in [0.05, 0.1) is 5.41 Å². The van der Waals surface area contributed by atoms with Crippen LogP contribution in [0.15, 0.2) is 0 Å². The van der Waals surface area contributed by atoms with E-state index in [4.69, 9.17) is 5.73 Å². The first-order valence-electron chi connectivity index (χ1n) is 6.67. The summed E-state index contributed by atoms with van der Waals surface area (Å²) in [4.78, 5) is 14.5. The molecule has 1 amide bonds. The van der Waals surface area contributed by atoms with Crippen molar-refractivity contribution in [3.8, 4) is 0 Å². The van der Waals surface area contributed by atoms with Crippen LogP contribution < -0.4 is 5.73 Å². The molecular weight excluding hydrogens is 200 g/mol. The first-order valence-corrected chi connectivity index (χ1v) is 6.67. The second kappa shape index (κ2) is 4.74. The summed E-state index contributed by atoms with van der Waals surface area (Å²) in [5.41, 5.74) is 5.69. The molecule has 2 saturated carbocycles. The van der Waals surface area contributed by atoms with E-state index in [0.29, 0.717) is 18.5 Å². The smallest absolute Gasteiger partial charge is 0.230 e. The number of hydrogen-bond acceptors (Lipinski definition) is 2. The molecule has 2 rings (SSSR count). The van der Waals surface area contributed by atoms with Gasteiger partial charge >= 0.3 is 0 Å². The number of amides is 1. The van der Waals surface area contributed by atoms with Crippen LogP contribution in [0.5, 0.6) is 0 Å².